The molecule has 3 rings (SSSR count). The van der Waals surface area contributed by atoms with Gasteiger partial charge in [-0.05, 0) is 87.9 Å². The van der Waals surface area contributed by atoms with Crippen LogP contribution < -0.4 is 5.32 Å². The van der Waals surface area contributed by atoms with Gasteiger partial charge in [0.05, 0.1) is 11.5 Å². The van der Waals surface area contributed by atoms with Crippen LogP contribution in [0.3, 0.4) is 0 Å². The van der Waals surface area contributed by atoms with Crippen LogP contribution in [0, 0.1) is 52.3 Å². The van der Waals surface area contributed by atoms with E-state index in [1.807, 2.05) is 0 Å². The van der Waals surface area contributed by atoms with E-state index in [1.54, 1.807) is 0 Å². The maximum absolute atomic E-state index is 11.0. The number of amides is 1. The molecule has 138 valence electrons. The average molecular weight is 343 g/mol. The first-order chi connectivity index (χ1) is 11.8. The molecule has 1 N–H and O–H groups in total. The fraction of sp³-hybridized carbons (Fsp3) is 0.818. The number of rotatable bonds is 4. The molecule has 0 unspecified atom stereocenters. The molecule has 0 bridgehead atoms. The molecular weight excluding hydrogens is 308 g/mol. The van der Waals surface area contributed by atoms with Gasteiger partial charge in [-0.15, -0.1) is 0 Å². The first kappa shape index (κ1) is 18.5. The molecule has 1 amide bonds. The fourth-order valence-electron chi connectivity index (χ4n) is 6.77. The predicted octanol–water partition coefficient (Wildman–Crippen LogP) is 4.70. The van der Waals surface area contributed by atoms with Crippen LogP contribution in [0.4, 0.5) is 0 Å². The topological polar surface area (TPSA) is 52.9 Å². The molecule has 0 spiro atoms. The molecule has 3 aliphatic rings. The lowest BCUT2D eigenvalue weighted by molar-refractivity contribution is -0.112. The van der Waals surface area contributed by atoms with Crippen LogP contribution >= 0.6 is 0 Å². The Bertz CT molecular complexity index is 589. The van der Waals surface area contributed by atoms with Gasteiger partial charge in [-0.2, -0.15) is 5.26 Å². The van der Waals surface area contributed by atoms with E-state index < -0.39 is 0 Å². The minimum atomic E-state index is -0.202. The number of nitrogens with one attached hydrogen (secondary N) is 1. The summed E-state index contributed by atoms with van der Waals surface area (Å²) in [4.78, 5) is 11.0. The molecule has 0 saturated heterocycles. The van der Waals surface area contributed by atoms with Gasteiger partial charge in [0.2, 0.25) is 6.41 Å². The van der Waals surface area contributed by atoms with Crippen molar-refractivity contribution in [3.63, 3.8) is 0 Å². The molecule has 0 aliphatic heterocycles. The molecule has 3 aliphatic carbocycles. The highest BCUT2D eigenvalue weighted by Crippen LogP contribution is 2.65. The van der Waals surface area contributed by atoms with Crippen LogP contribution in [0.5, 0.6) is 0 Å². The van der Waals surface area contributed by atoms with Crippen molar-refractivity contribution in [2.75, 3.05) is 0 Å². The van der Waals surface area contributed by atoms with Crippen molar-refractivity contribution >= 4 is 6.41 Å². The summed E-state index contributed by atoms with van der Waals surface area (Å²) in [5, 5.41) is 13.2. The van der Waals surface area contributed by atoms with Gasteiger partial charge in [0.1, 0.15) is 0 Å². The first-order valence-corrected chi connectivity index (χ1v) is 10.1. The molecule has 0 radical (unpaired) electrons. The predicted molar refractivity (Wildman–Crippen MR) is 100 cm³/mol. The van der Waals surface area contributed by atoms with Crippen molar-refractivity contribution in [2.24, 2.45) is 40.9 Å². The number of carbonyl (C=O) groups is 1. The smallest absolute Gasteiger partial charge is 0.207 e. The maximum Gasteiger partial charge on any atom is 0.207 e. The van der Waals surface area contributed by atoms with Crippen molar-refractivity contribution < 1.29 is 4.79 Å². The standard InChI is InChI=1S/C22H34N2O/c1-14-8-9-22(12-23)16(3)6-7-18-15(2)10-17(19(14)20(18)22)11-21(4,5)24-13-25/h13,15-20H,1,6-11H2,2-5H3,(H,24,25)/t15-,16-,17-,18+,19-,20-,22-/m0/s1. The summed E-state index contributed by atoms with van der Waals surface area (Å²) in [5.74, 6) is 3.24. The van der Waals surface area contributed by atoms with Crippen LogP contribution in [0.25, 0.3) is 0 Å². The number of hydrogen-bond donors (Lipinski definition) is 1. The van der Waals surface area contributed by atoms with E-state index in [2.05, 4.69) is 45.7 Å². The third-order valence-electron chi connectivity index (χ3n) is 7.93. The van der Waals surface area contributed by atoms with Crippen LogP contribution in [-0.4, -0.2) is 11.9 Å². The number of allylic oxidation sites excluding steroid dienone is 1. The third kappa shape index (κ3) is 2.92. The first-order valence-electron chi connectivity index (χ1n) is 10.1. The lowest BCUT2D eigenvalue weighted by atomic mass is 9.42. The van der Waals surface area contributed by atoms with Gasteiger partial charge in [-0.25, -0.2) is 0 Å². The van der Waals surface area contributed by atoms with Crippen molar-refractivity contribution in [1.82, 2.24) is 5.32 Å². The summed E-state index contributed by atoms with van der Waals surface area (Å²) in [5.41, 5.74) is 1.00. The molecule has 3 saturated carbocycles. The Hall–Kier alpha value is -1.30. The van der Waals surface area contributed by atoms with E-state index in [9.17, 15) is 10.1 Å². The van der Waals surface area contributed by atoms with E-state index in [-0.39, 0.29) is 11.0 Å². The van der Waals surface area contributed by atoms with Gasteiger partial charge >= 0.3 is 0 Å². The van der Waals surface area contributed by atoms with Crippen molar-refractivity contribution in [1.29, 1.82) is 5.26 Å². The quantitative estimate of drug-likeness (QED) is 0.595. The monoisotopic (exact) mass is 342 g/mol. The number of carbonyl (C=O) groups excluding carboxylic acids is 1. The van der Waals surface area contributed by atoms with Gasteiger partial charge < -0.3 is 5.32 Å². The molecule has 0 aromatic carbocycles. The van der Waals surface area contributed by atoms with Crippen molar-refractivity contribution in [3.05, 3.63) is 12.2 Å². The molecule has 7 atom stereocenters. The zero-order valence-corrected chi connectivity index (χ0v) is 16.3. The second-order valence-electron chi connectivity index (χ2n) is 9.83. The van der Waals surface area contributed by atoms with Gasteiger partial charge in [0.15, 0.2) is 0 Å². The third-order valence-corrected chi connectivity index (χ3v) is 7.93. The Balaban J connectivity index is 1.98. The molecule has 25 heavy (non-hydrogen) atoms. The number of nitriles is 1. The second-order valence-corrected chi connectivity index (χ2v) is 9.83. The second kappa shape index (κ2) is 6.45. The lowest BCUT2D eigenvalue weighted by Gasteiger charge is -2.61. The molecule has 0 aromatic heterocycles. The van der Waals surface area contributed by atoms with Gasteiger partial charge in [0, 0.05) is 5.54 Å². The van der Waals surface area contributed by atoms with Crippen LogP contribution in [0.2, 0.25) is 0 Å². The minimum Gasteiger partial charge on any atom is -0.354 e. The van der Waals surface area contributed by atoms with E-state index in [1.165, 1.54) is 24.8 Å². The summed E-state index contributed by atoms with van der Waals surface area (Å²) in [6.45, 7) is 13.4. The highest BCUT2D eigenvalue weighted by Gasteiger charge is 2.60. The SMILES string of the molecule is C=C1CC[C@@]2(C#N)[C@H]3[C@H](CC[C@@H]2C)[C@@H](C)C[C@@H](CC(C)(C)NC=O)[C@H]13. The Labute approximate surface area is 153 Å². The van der Waals surface area contributed by atoms with E-state index >= 15 is 0 Å². The van der Waals surface area contributed by atoms with Gasteiger partial charge in [0.25, 0.3) is 0 Å². The van der Waals surface area contributed by atoms with E-state index in [4.69, 9.17) is 0 Å². The molecule has 0 heterocycles. The fourth-order valence-corrected chi connectivity index (χ4v) is 6.77. The zero-order chi connectivity index (χ0) is 18.4. The summed E-state index contributed by atoms with van der Waals surface area (Å²) < 4.78 is 0. The zero-order valence-electron chi connectivity index (χ0n) is 16.3. The summed E-state index contributed by atoms with van der Waals surface area (Å²) in [7, 11) is 0. The Morgan fingerprint density at radius 2 is 2.12 bits per heavy atom. The Morgan fingerprint density at radius 3 is 2.76 bits per heavy atom. The van der Waals surface area contributed by atoms with Crippen LogP contribution in [0.15, 0.2) is 12.2 Å². The largest absolute Gasteiger partial charge is 0.354 e. The van der Waals surface area contributed by atoms with E-state index in [0.29, 0.717) is 35.5 Å². The molecule has 0 aromatic rings. The Kier molecular flexibility index (Phi) is 4.77. The number of hydrogen-bond acceptors (Lipinski definition) is 2. The number of nitrogens with zero attached hydrogens (tertiary/aromatic N) is 1. The van der Waals surface area contributed by atoms with Crippen molar-refractivity contribution in [2.45, 2.75) is 71.8 Å². The average Bonchev–Trinajstić information content (AvgIpc) is 2.54. The molecular formula is C22H34N2O. The highest BCUT2D eigenvalue weighted by atomic mass is 16.1. The van der Waals surface area contributed by atoms with Gasteiger partial charge in [-0.3, -0.25) is 4.79 Å². The minimum absolute atomic E-state index is 0.163. The molecule has 3 nitrogen and oxygen atoms in total. The highest BCUT2D eigenvalue weighted by molar-refractivity contribution is 5.47. The van der Waals surface area contributed by atoms with Crippen molar-refractivity contribution in [3.8, 4) is 6.07 Å². The summed E-state index contributed by atoms with van der Waals surface area (Å²) in [6.07, 6.45) is 7.45. The molecule has 3 fully saturated rings. The van der Waals surface area contributed by atoms with Crippen LogP contribution in [0.1, 0.15) is 66.2 Å². The summed E-state index contributed by atoms with van der Waals surface area (Å²) in [6, 6.07) is 2.83. The lowest BCUT2D eigenvalue weighted by Crippen LogP contribution is -2.57. The van der Waals surface area contributed by atoms with E-state index in [0.717, 1.165) is 25.7 Å². The molecule has 3 heteroatoms. The van der Waals surface area contributed by atoms with Gasteiger partial charge in [-0.1, -0.05) is 26.0 Å². The summed E-state index contributed by atoms with van der Waals surface area (Å²) >= 11 is 0. The normalized spacial score (nSPS) is 43.7. The Morgan fingerprint density at radius 1 is 1.40 bits per heavy atom. The van der Waals surface area contributed by atoms with Crippen LogP contribution in [-0.2, 0) is 4.79 Å². The maximum atomic E-state index is 11.0.